The molecule has 0 fully saturated rings. The highest BCUT2D eigenvalue weighted by atomic mass is 32.2. The number of nitrogens with two attached hydrogens (primary N) is 1. The van der Waals surface area contributed by atoms with E-state index < -0.39 is 22.4 Å². The summed E-state index contributed by atoms with van der Waals surface area (Å²) < 4.78 is 38.4. The highest BCUT2D eigenvalue weighted by molar-refractivity contribution is 7.84. The predicted octanol–water partition coefficient (Wildman–Crippen LogP) is 2.73. The molecule has 0 aromatic heterocycles. The Kier molecular flexibility index (Phi) is 4.39. The van der Waals surface area contributed by atoms with Gasteiger partial charge in [-0.05, 0) is 35.9 Å². The second kappa shape index (κ2) is 6.04. The summed E-state index contributed by atoms with van der Waals surface area (Å²) in [7, 11) is -1.41. The number of benzene rings is 2. The molecule has 1 atom stereocenters. The molecule has 2 rings (SSSR count). The van der Waals surface area contributed by atoms with Gasteiger partial charge in [0.05, 0.1) is 16.6 Å². The molecule has 0 heterocycles. The fourth-order valence-electron chi connectivity index (χ4n) is 1.68. The predicted molar refractivity (Wildman–Crippen MR) is 70.8 cm³/mol. The molecular weight excluding hydrogens is 268 g/mol. The Morgan fingerprint density at radius 2 is 1.74 bits per heavy atom. The number of rotatable bonds is 4. The van der Waals surface area contributed by atoms with Crippen LogP contribution >= 0.6 is 0 Å². The lowest BCUT2D eigenvalue weighted by atomic mass is 10.1. The van der Waals surface area contributed by atoms with Gasteiger partial charge in [0.1, 0.15) is 11.6 Å². The van der Waals surface area contributed by atoms with Crippen LogP contribution in [-0.2, 0) is 23.1 Å². The Morgan fingerprint density at radius 1 is 1.05 bits per heavy atom. The third-order valence-corrected chi connectivity index (χ3v) is 4.08. The molecule has 0 saturated carbocycles. The van der Waals surface area contributed by atoms with Crippen molar-refractivity contribution >= 4 is 10.8 Å². The van der Waals surface area contributed by atoms with Gasteiger partial charge in [-0.1, -0.05) is 12.1 Å². The van der Waals surface area contributed by atoms with Gasteiger partial charge >= 0.3 is 0 Å². The van der Waals surface area contributed by atoms with Crippen LogP contribution < -0.4 is 5.73 Å². The zero-order valence-electron chi connectivity index (χ0n) is 10.1. The van der Waals surface area contributed by atoms with Crippen molar-refractivity contribution in [1.82, 2.24) is 0 Å². The summed E-state index contributed by atoms with van der Waals surface area (Å²) in [6.07, 6.45) is 0. The van der Waals surface area contributed by atoms with Crippen molar-refractivity contribution in [2.24, 2.45) is 5.73 Å². The molecule has 0 saturated heterocycles. The van der Waals surface area contributed by atoms with Gasteiger partial charge in [0.25, 0.3) is 0 Å². The minimum atomic E-state index is -1.41. The topological polar surface area (TPSA) is 43.1 Å². The first-order valence-corrected chi connectivity index (χ1v) is 7.03. The number of halogens is 2. The maximum Gasteiger partial charge on any atom is 0.127 e. The molecule has 5 heteroatoms. The highest BCUT2D eigenvalue weighted by Gasteiger charge is 2.10. The minimum Gasteiger partial charge on any atom is -0.326 e. The summed E-state index contributed by atoms with van der Waals surface area (Å²) in [4.78, 5) is 0.471. The third kappa shape index (κ3) is 3.45. The van der Waals surface area contributed by atoms with Crippen LogP contribution in [-0.4, -0.2) is 4.21 Å². The van der Waals surface area contributed by atoms with E-state index in [0.29, 0.717) is 17.0 Å². The van der Waals surface area contributed by atoms with Gasteiger partial charge in [-0.25, -0.2) is 8.78 Å². The largest absolute Gasteiger partial charge is 0.326 e. The van der Waals surface area contributed by atoms with E-state index in [-0.39, 0.29) is 5.75 Å². The Morgan fingerprint density at radius 3 is 2.37 bits per heavy atom. The van der Waals surface area contributed by atoms with Crippen molar-refractivity contribution in [1.29, 1.82) is 0 Å². The fraction of sp³-hybridized carbons (Fsp3) is 0.143. The van der Waals surface area contributed by atoms with Crippen molar-refractivity contribution in [3.05, 3.63) is 65.2 Å². The lowest BCUT2D eigenvalue weighted by Crippen LogP contribution is -2.02. The average Bonchev–Trinajstić information content (AvgIpc) is 2.42. The molecule has 0 radical (unpaired) electrons. The molecule has 0 aliphatic rings. The minimum absolute atomic E-state index is 0.0469. The Hall–Kier alpha value is -1.59. The summed E-state index contributed by atoms with van der Waals surface area (Å²) >= 11 is 0. The van der Waals surface area contributed by atoms with E-state index in [1.165, 1.54) is 30.3 Å². The van der Waals surface area contributed by atoms with Crippen molar-refractivity contribution in [3.8, 4) is 0 Å². The zero-order chi connectivity index (χ0) is 13.8. The molecule has 0 amide bonds. The lowest BCUT2D eigenvalue weighted by molar-refractivity contribution is 0.614. The summed E-state index contributed by atoms with van der Waals surface area (Å²) in [5, 5.41) is 0. The third-order valence-electron chi connectivity index (χ3n) is 2.71. The average molecular weight is 281 g/mol. The van der Waals surface area contributed by atoms with Crippen LogP contribution in [0.4, 0.5) is 8.78 Å². The normalized spacial score (nSPS) is 12.4. The van der Waals surface area contributed by atoms with Crippen LogP contribution in [0.1, 0.15) is 11.1 Å². The summed E-state index contributed by atoms with van der Waals surface area (Å²) in [5.74, 6) is -0.754. The van der Waals surface area contributed by atoms with Crippen molar-refractivity contribution in [2.45, 2.75) is 17.2 Å². The van der Waals surface area contributed by atoms with Crippen LogP contribution in [0.3, 0.4) is 0 Å². The Labute approximate surface area is 112 Å². The van der Waals surface area contributed by atoms with E-state index in [4.69, 9.17) is 5.73 Å². The van der Waals surface area contributed by atoms with Crippen LogP contribution in [0.5, 0.6) is 0 Å². The van der Waals surface area contributed by atoms with Crippen LogP contribution in [0.15, 0.2) is 47.4 Å². The quantitative estimate of drug-likeness (QED) is 0.936. The Bertz CT molecular complexity index is 599. The van der Waals surface area contributed by atoms with Crippen molar-refractivity contribution in [3.63, 3.8) is 0 Å². The van der Waals surface area contributed by atoms with Gasteiger partial charge in [-0.2, -0.15) is 0 Å². The first-order valence-electron chi connectivity index (χ1n) is 5.71. The monoisotopic (exact) mass is 281 g/mol. The zero-order valence-corrected chi connectivity index (χ0v) is 10.9. The number of hydrogen-bond acceptors (Lipinski definition) is 2. The summed E-state index contributed by atoms with van der Waals surface area (Å²) in [6.45, 7) is 0.302. The first kappa shape index (κ1) is 13.8. The van der Waals surface area contributed by atoms with Crippen LogP contribution in [0.2, 0.25) is 0 Å². The van der Waals surface area contributed by atoms with Crippen LogP contribution in [0.25, 0.3) is 0 Å². The fourth-order valence-corrected chi connectivity index (χ4v) is 2.79. The molecule has 19 heavy (non-hydrogen) atoms. The molecule has 2 nitrogen and oxygen atoms in total. The van der Waals surface area contributed by atoms with E-state index >= 15 is 0 Å². The van der Waals surface area contributed by atoms with E-state index in [9.17, 15) is 13.0 Å². The van der Waals surface area contributed by atoms with Gasteiger partial charge in [0.15, 0.2) is 0 Å². The maximum absolute atomic E-state index is 13.6. The van der Waals surface area contributed by atoms with Crippen molar-refractivity contribution in [2.75, 3.05) is 0 Å². The maximum atomic E-state index is 13.6. The van der Waals surface area contributed by atoms with E-state index in [1.807, 2.05) is 0 Å². The van der Waals surface area contributed by atoms with Crippen molar-refractivity contribution < 1.29 is 13.0 Å². The van der Waals surface area contributed by atoms with E-state index in [2.05, 4.69) is 0 Å². The molecular formula is C14H13F2NOS. The molecule has 100 valence electrons. The Balaban J connectivity index is 2.21. The molecule has 2 aromatic rings. The molecule has 0 spiro atoms. The summed E-state index contributed by atoms with van der Waals surface area (Å²) in [5.41, 5.74) is 6.62. The highest BCUT2D eigenvalue weighted by Crippen LogP contribution is 2.17. The summed E-state index contributed by atoms with van der Waals surface area (Å²) in [6, 6.07) is 9.88. The molecule has 1 unspecified atom stereocenters. The second-order valence-electron chi connectivity index (χ2n) is 4.07. The van der Waals surface area contributed by atoms with E-state index in [1.54, 1.807) is 12.1 Å². The first-order chi connectivity index (χ1) is 9.10. The van der Waals surface area contributed by atoms with Gasteiger partial charge in [0.2, 0.25) is 0 Å². The molecule has 2 N–H and O–H groups in total. The lowest BCUT2D eigenvalue weighted by Gasteiger charge is -2.06. The number of hydrogen-bond donors (Lipinski definition) is 1. The van der Waals surface area contributed by atoms with Gasteiger partial charge in [0, 0.05) is 17.0 Å². The van der Waals surface area contributed by atoms with E-state index in [0.717, 1.165) is 5.56 Å². The molecule has 0 aliphatic heterocycles. The molecule has 0 aliphatic carbocycles. The van der Waals surface area contributed by atoms with Gasteiger partial charge in [-0.3, -0.25) is 4.21 Å². The van der Waals surface area contributed by atoms with Gasteiger partial charge in [-0.15, -0.1) is 0 Å². The standard InChI is InChI=1S/C14H13F2NOS/c15-12-2-4-13(5-3-12)19(18)9-11-7-10(8-17)1-6-14(11)16/h1-7H,8-9,17H2. The molecule has 2 aromatic carbocycles. The molecule has 0 bridgehead atoms. The SMILES string of the molecule is NCc1ccc(F)c(CS(=O)c2ccc(F)cc2)c1. The second-order valence-corrected chi connectivity index (χ2v) is 5.52. The van der Waals surface area contributed by atoms with Crippen LogP contribution in [0, 0.1) is 11.6 Å². The smallest absolute Gasteiger partial charge is 0.127 e. The van der Waals surface area contributed by atoms with Gasteiger partial charge < -0.3 is 5.73 Å².